The lowest BCUT2D eigenvalue weighted by molar-refractivity contribution is 0.281. The topological polar surface area (TPSA) is 46.2 Å². The largest absolute Gasteiger partial charge is 0.317 e. The number of sulfone groups is 1. The van der Waals surface area contributed by atoms with E-state index in [1.807, 2.05) is 7.05 Å². The molecule has 0 aromatic carbocycles. The van der Waals surface area contributed by atoms with Crippen LogP contribution in [0.1, 0.15) is 45.4 Å². The van der Waals surface area contributed by atoms with Crippen molar-refractivity contribution in [2.75, 3.05) is 18.6 Å². The maximum absolute atomic E-state index is 11.5. The molecule has 106 valence electrons. The van der Waals surface area contributed by atoms with E-state index in [2.05, 4.69) is 5.32 Å². The van der Waals surface area contributed by atoms with Crippen molar-refractivity contribution in [3.8, 4) is 0 Å². The molecule has 0 amide bonds. The molecule has 0 saturated heterocycles. The van der Waals surface area contributed by atoms with Gasteiger partial charge >= 0.3 is 0 Å². The second-order valence-electron chi connectivity index (χ2n) is 6.03. The lowest BCUT2D eigenvalue weighted by Gasteiger charge is -2.27. The van der Waals surface area contributed by atoms with Crippen LogP contribution in [0.25, 0.3) is 0 Å². The molecule has 0 bridgehead atoms. The van der Waals surface area contributed by atoms with Gasteiger partial charge < -0.3 is 5.32 Å². The molecule has 1 N–H and O–H groups in total. The molecule has 1 unspecified atom stereocenters. The first kappa shape index (κ1) is 14.3. The minimum absolute atomic E-state index is 0.284. The molecular formula is C14H27NO2S. The summed E-state index contributed by atoms with van der Waals surface area (Å²) in [5, 5.41) is 3.45. The fourth-order valence-electron chi connectivity index (χ4n) is 3.20. The molecule has 0 heterocycles. The molecule has 0 aromatic rings. The standard InChI is InChI=1S/C14H27NO2S/c1-3-18(16,17)10-4-5-13(15-2)14(11-6-7-11)12-8-9-12/h11-15H,3-10H2,1-2H3. The van der Waals surface area contributed by atoms with E-state index in [4.69, 9.17) is 0 Å². The summed E-state index contributed by atoms with van der Waals surface area (Å²) >= 11 is 0. The maximum atomic E-state index is 11.5. The van der Waals surface area contributed by atoms with Crippen LogP contribution in [0.5, 0.6) is 0 Å². The lowest BCUT2D eigenvalue weighted by Crippen LogP contribution is -2.36. The molecule has 0 aliphatic heterocycles. The van der Waals surface area contributed by atoms with Crippen molar-refractivity contribution >= 4 is 9.84 Å². The number of nitrogens with one attached hydrogen (secondary N) is 1. The highest BCUT2D eigenvalue weighted by Gasteiger charge is 2.44. The zero-order valence-electron chi connectivity index (χ0n) is 11.7. The molecule has 2 aliphatic carbocycles. The van der Waals surface area contributed by atoms with Crippen LogP contribution in [0.15, 0.2) is 0 Å². The molecule has 2 saturated carbocycles. The van der Waals surface area contributed by atoms with Crippen LogP contribution in [0, 0.1) is 17.8 Å². The van der Waals surface area contributed by atoms with Gasteiger partial charge in [-0.05, 0) is 63.3 Å². The second-order valence-corrected chi connectivity index (χ2v) is 8.50. The Balaban J connectivity index is 1.81. The highest BCUT2D eigenvalue weighted by molar-refractivity contribution is 7.91. The number of rotatable bonds is 9. The van der Waals surface area contributed by atoms with Gasteiger partial charge in [0.15, 0.2) is 0 Å². The van der Waals surface area contributed by atoms with Crippen LogP contribution >= 0.6 is 0 Å². The molecule has 2 fully saturated rings. The molecule has 3 nitrogen and oxygen atoms in total. The number of hydrogen-bond donors (Lipinski definition) is 1. The molecule has 0 radical (unpaired) electrons. The predicted octanol–water partition coefficient (Wildman–Crippen LogP) is 2.23. The maximum Gasteiger partial charge on any atom is 0.150 e. The Bertz CT molecular complexity index is 346. The Morgan fingerprint density at radius 1 is 1.17 bits per heavy atom. The van der Waals surface area contributed by atoms with Gasteiger partial charge in [0.1, 0.15) is 9.84 Å². The first-order valence-electron chi connectivity index (χ1n) is 7.45. The quantitative estimate of drug-likeness (QED) is 0.701. The van der Waals surface area contributed by atoms with Gasteiger partial charge in [-0.2, -0.15) is 0 Å². The van der Waals surface area contributed by atoms with Crippen molar-refractivity contribution in [2.45, 2.75) is 51.5 Å². The summed E-state index contributed by atoms with van der Waals surface area (Å²) in [4.78, 5) is 0. The molecule has 1 atom stereocenters. The van der Waals surface area contributed by atoms with Crippen molar-refractivity contribution in [1.29, 1.82) is 0 Å². The Kier molecular flexibility index (Phi) is 4.70. The molecule has 18 heavy (non-hydrogen) atoms. The smallest absolute Gasteiger partial charge is 0.150 e. The van der Waals surface area contributed by atoms with Gasteiger partial charge in [0.05, 0.1) is 5.75 Å². The molecule has 0 spiro atoms. The average molecular weight is 273 g/mol. The fraction of sp³-hybridized carbons (Fsp3) is 1.00. The molecule has 0 aromatic heterocycles. The van der Waals surface area contributed by atoms with Crippen LogP contribution in [0.2, 0.25) is 0 Å². The summed E-state index contributed by atoms with van der Waals surface area (Å²) in [7, 11) is -0.748. The van der Waals surface area contributed by atoms with Gasteiger partial charge in [0.2, 0.25) is 0 Å². The summed E-state index contributed by atoms with van der Waals surface area (Å²) in [6.45, 7) is 1.74. The predicted molar refractivity (Wildman–Crippen MR) is 75.3 cm³/mol. The van der Waals surface area contributed by atoms with E-state index in [9.17, 15) is 8.42 Å². The van der Waals surface area contributed by atoms with Crippen LogP contribution in [0.4, 0.5) is 0 Å². The van der Waals surface area contributed by atoms with E-state index in [-0.39, 0.29) is 5.75 Å². The second kappa shape index (κ2) is 5.91. The summed E-state index contributed by atoms with van der Waals surface area (Å²) in [6, 6.07) is 0.539. The van der Waals surface area contributed by atoms with Crippen LogP contribution < -0.4 is 5.32 Å². The van der Waals surface area contributed by atoms with Gasteiger partial charge in [-0.3, -0.25) is 0 Å². The first-order valence-corrected chi connectivity index (χ1v) is 9.27. The van der Waals surface area contributed by atoms with E-state index in [0.29, 0.717) is 11.8 Å². The minimum Gasteiger partial charge on any atom is -0.317 e. The van der Waals surface area contributed by atoms with Gasteiger partial charge in [0.25, 0.3) is 0 Å². The number of hydrogen-bond acceptors (Lipinski definition) is 3. The van der Waals surface area contributed by atoms with Gasteiger partial charge in [-0.15, -0.1) is 0 Å². The summed E-state index contributed by atoms with van der Waals surface area (Å²) in [5.41, 5.74) is 0. The summed E-state index contributed by atoms with van der Waals surface area (Å²) in [5.74, 6) is 3.32. The van der Waals surface area contributed by atoms with Crippen LogP contribution in [-0.4, -0.2) is 33.0 Å². The van der Waals surface area contributed by atoms with E-state index >= 15 is 0 Å². The van der Waals surface area contributed by atoms with E-state index in [0.717, 1.165) is 30.6 Å². The van der Waals surface area contributed by atoms with Crippen molar-refractivity contribution in [3.05, 3.63) is 0 Å². The third-order valence-corrected chi connectivity index (χ3v) is 6.37. The van der Waals surface area contributed by atoms with Gasteiger partial charge in [-0.25, -0.2) is 8.42 Å². The van der Waals surface area contributed by atoms with Gasteiger partial charge in [0, 0.05) is 11.8 Å². The Morgan fingerprint density at radius 3 is 2.11 bits per heavy atom. The Hall–Kier alpha value is -0.0900. The first-order chi connectivity index (χ1) is 8.57. The molecule has 4 heteroatoms. The fourth-order valence-corrected chi connectivity index (χ4v) is 4.10. The van der Waals surface area contributed by atoms with Crippen LogP contribution in [-0.2, 0) is 9.84 Å². The molecule has 2 aliphatic rings. The van der Waals surface area contributed by atoms with Crippen molar-refractivity contribution in [3.63, 3.8) is 0 Å². The molecule has 2 rings (SSSR count). The third kappa shape index (κ3) is 3.95. The van der Waals surface area contributed by atoms with Crippen molar-refractivity contribution < 1.29 is 8.42 Å². The third-order valence-electron chi connectivity index (χ3n) is 4.58. The lowest BCUT2D eigenvalue weighted by atomic mass is 9.87. The summed E-state index contributed by atoms with van der Waals surface area (Å²) in [6.07, 6.45) is 7.42. The normalized spacial score (nSPS) is 22.4. The summed E-state index contributed by atoms with van der Waals surface area (Å²) < 4.78 is 23.0. The van der Waals surface area contributed by atoms with E-state index < -0.39 is 9.84 Å². The monoisotopic (exact) mass is 273 g/mol. The van der Waals surface area contributed by atoms with E-state index in [1.165, 1.54) is 25.7 Å². The Morgan fingerprint density at radius 2 is 1.72 bits per heavy atom. The van der Waals surface area contributed by atoms with Crippen molar-refractivity contribution in [2.24, 2.45) is 17.8 Å². The van der Waals surface area contributed by atoms with Crippen molar-refractivity contribution in [1.82, 2.24) is 5.32 Å². The SMILES string of the molecule is CCS(=O)(=O)CCCC(NC)C(C1CC1)C1CC1. The average Bonchev–Trinajstić information content (AvgIpc) is 3.21. The highest BCUT2D eigenvalue weighted by Crippen LogP contribution is 2.51. The zero-order valence-corrected chi connectivity index (χ0v) is 12.5. The molecular weight excluding hydrogens is 246 g/mol. The highest BCUT2D eigenvalue weighted by atomic mass is 32.2. The minimum atomic E-state index is -2.79. The van der Waals surface area contributed by atoms with Gasteiger partial charge in [-0.1, -0.05) is 6.92 Å². The van der Waals surface area contributed by atoms with E-state index in [1.54, 1.807) is 6.92 Å². The van der Waals surface area contributed by atoms with Crippen LogP contribution in [0.3, 0.4) is 0 Å². The Labute approximate surface area is 112 Å². The zero-order chi connectivity index (χ0) is 13.2.